The Morgan fingerprint density at radius 2 is 0.574 bits per heavy atom. The molecule has 0 aromatic rings. The first kappa shape index (κ1) is 128. The maximum Gasteiger partial charge on any atom is 0.470 e. The van der Waals surface area contributed by atoms with Gasteiger partial charge in [0.25, 0.3) is 0 Å². The van der Waals surface area contributed by atoms with Crippen LogP contribution < -0.4 is 10.6 Å². The zero-order chi connectivity index (χ0) is 99.4. The molecule has 0 bridgehead atoms. The zero-order valence-electron chi connectivity index (χ0n) is 87.6. The maximum absolute atomic E-state index is 15.3. The molecule has 8 N–H and O–H groups in total. The highest BCUT2D eigenvalue weighted by molar-refractivity contribution is 7.46. The average Bonchev–Trinajstić information content (AvgIpc) is 0.775. The minimum absolute atomic E-state index is 0.105. The fourth-order valence-electron chi connectivity index (χ4n) is 19.0. The minimum atomic E-state index is -5.65. The molecular weight excluding hydrogens is 1750 g/mol. The molecule has 0 saturated carbocycles. The molecule has 2 saturated heterocycles. The summed E-state index contributed by atoms with van der Waals surface area (Å²) in [7, 11) is -5.65. The van der Waals surface area contributed by atoms with Crippen LogP contribution in [0, 0.1) is 0 Å². The Labute approximate surface area is 827 Å². The third-order valence-electron chi connectivity index (χ3n) is 27.4. The van der Waals surface area contributed by atoms with Crippen LogP contribution >= 0.6 is 7.82 Å². The van der Waals surface area contributed by atoms with Gasteiger partial charge in [0.2, 0.25) is 11.8 Å². The Morgan fingerprint density at radius 3 is 0.875 bits per heavy atom. The van der Waals surface area contributed by atoms with Crippen LogP contribution in [0.2, 0.25) is 0 Å². The molecule has 0 spiro atoms. The molecule has 0 aliphatic carbocycles. The average molecular weight is 1960 g/mol. The Bertz CT molecular complexity index is 2890. The predicted octanol–water partition coefficient (Wildman–Crippen LogP) is 26.5. The van der Waals surface area contributed by atoms with E-state index >= 15 is 9.59 Å². The topological polar surface area (TPSA) is 365 Å². The van der Waals surface area contributed by atoms with Gasteiger partial charge in [0.1, 0.15) is 54.8 Å². The first-order valence-corrected chi connectivity index (χ1v) is 58.5. The second kappa shape index (κ2) is 88.8. The van der Waals surface area contributed by atoms with Crippen molar-refractivity contribution < 1.29 is 111 Å². The number of ether oxygens (including phenoxy) is 8. The number of amides is 2. The van der Waals surface area contributed by atoms with Gasteiger partial charge in [-0.2, -0.15) is 0 Å². The van der Waals surface area contributed by atoms with Crippen molar-refractivity contribution in [2.45, 2.75) is 648 Å². The number of carbonyl (C=O) groups excluding carboxylic acids is 7. The fraction of sp³-hybridized carbons (Fsp3) is 0.936. The minimum Gasteiger partial charge on any atom is -0.462 e. The molecule has 26 heteroatoms. The number of phosphoric ester groups is 1. The third-order valence-corrected chi connectivity index (χ3v) is 27.9. The molecule has 25 nitrogen and oxygen atoms in total. The molecule has 4 unspecified atom stereocenters. The van der Waals surface area contributed by atoms with Gasteiger partial charge in [-0.25, -0.2) is 4.57 Å². The van der Waals surface area contributed by atoms with Crippen LogP contribution in [0.25, 0.3) is 0 Å². The summed E-state index contributed by atoms with van der Waals surface area (Å²) in [5.41, 5.74) is 0. The van der Waals surface area contributed by atoms with Crippen molar-refractivity contribution in [3.8, 4) is 0 Å². The number of aliphatic hydroxyl groups excluding tert-OH is 4. The lowest BCUT2D eigenvalue weighted by Gasteiger charge is -2.46. The largest absolute Gasteiger partial charge is 0.470 e. The monoisotopic (exact) mass is 1960 g/mol. The lowest BCUT2D eigenvalue weighted by molar-refractivity contribution is -0.298. The van der Waals surface area contributed by atoms with Crippen LogP contribution in [0.4, 0.5) is 0 Å². The van der Waals surface area contributed by atoms with Gasteiger partial charge >= 0.3 is 37.7 Å². The summed E-state index contributed by atoms with van der Waals surface area (Å²) in [5, 5.41) is 53.3. The van der Waals surface area contributed by atoms with Gasteiger partial charge in [-0.05, 0) is 64.2 Å². The highest BCUT2D eigenvalue weighted by Gasteiger charge is 2.54. The van der Waals surface area contributed by atoms with Crippen molar-refractivity contribution in [3.05, 3.63) is 0 Å². The van der Waals surface area contributed by atoms with E-state index in [0.29, 0.717) is 57.8 Å². The second-order valence-corrected chi connectivity index (χ2v) is 41.6. The molecular formula is C110H207N2O23P. The predicted molar refractivity (Wildman–Crippen MR) is 544 cm³/mol. The molecule has 14 atom stereocenters. The number of nitrogens with one attached hydrogen (secondary N) is 2. The standard InChI is InChI=1S/C110H207N2O23P/c1-8-15-22-29-36-43-45-46-48-55-62-68-75-81-98(117)128-91(78-71-64-57-50-39-32-25-18-11-4)85-96(115)111-103-107(133-101(120)84-90(114)77-70-63-56-49-38-31-24-17-10-3)105(122)95(131-109(103)123)89-127-110-104(112-97(116)86-92(79-72-65-58-51-40-33-26-19-12-5)129-99(118)82-74-67-60-53-42-35-28-21-14-7)108(106(94(88-113)132-110)135-136(124,125)126)134-102(121)87-93(80-73-66-59-52-41-34-27-20-13-6)130-100(119)83-76-69-61-54-47-44-37-30-23-16-9-2/h90-95,103-110,113-114,122-123H,8-89H2,1-7H3,(H,111,115)(H,112,116)(H2,124,125,126)/t90-,91-,92-,93-,94?,95?,103?,104?,105-,106-,107-,108-,109-,110-/m1/s1. The van der Waals surface area contributed by atoms with Crippen LogP contribution in [-0.2, 0) is 80.5 Å². The normalized spacial score (nSPS) is 19.4. The zero-order valence-corrected chi connectivity index (χ0v) is 88.5. The van der Waals surface area contributed by atoms with E-state index in [9.17, 15) is 58.8 Å². The molecule has 2 aliphatic rings. The molecule has 136 heavy (non-hydrogen) atoms. The van der Waals surface area contributed by atoms with E-state index in [-0.39, 0.29) is 38.5 Å². The number of aliphatic hydroxyl groups is 4. The quantitative estimate of drug-likeness (QED) is 0.0121. The molecule has 2 rings (SSSR count). The highest BCUT2D eigenvalue weighted by atomic mass is 31.2. The smallest absolute Gasteiger partial charge is 0.462 e. The molecule has 2 fully saturated rings. The van der Waals surface area contributed by atoms with Gasteiger partial charge in [0.15, 0.2) is 24.8 Å². The molecule has 0 aromatic carbocycles. The van der Waals surface area contributed by atoms with Crippen molar-refractivity contribution in [1.29, 1.82) is 0 Å². The Kier molecular flexibility index (Phi) is 83.7. The highest BCUT2D eigenvalue weighted by Crippen LogP contribution is 2.43. The fourth-order valence-corrected chi connectivity index (χ4v) is 19.6. The van der Waals surface area contributed by atoms with Gasteiger partial charge < -0.3 is 78.7 Å². The maximum atomic E-state index is 15.3. The van der Waals surface area contributed by atoms with Gasteiger partial charge in [0.05, 0.1) is 45.0 Å². The van der Waals surface area contributed by atoms with E-state index in [4.69, 9.17) is 42.4 Å². The van der Waals surface area contributed by atoms with E-state index < -0.39 is 168 Å². The number of rotatable bonds is 97. The number of esters is 5. The molecule has 0 radical (unpaired) electrons. The summed E-state index contributed by atoms with van der Waals surface area (Å²) in [6, 6.07) is -3.53. The molecule has 0 aromatic heterocycles. The van der Waals surface area contributed by atoms with Gasteiger partial charge in [0, 0.05) is 19.3 Å². The van der Waals surface area contributed by atoms with Crippen molar-refractivity contribution >= 4 is 49.5 Å². The summed E-state index contributed by atoms with van der Waals surface area (Å²) >= 11 is 0. The summed E-state index contributed by atoms with van der Waals surface area (Å²) in [4.78, 5) is 123. The second-order valence-electron chi connectivity index (χ2n) is 40.4. The van der Waals surface area contributed by atoms with Crippen molar-refractivity contribution in [2.24, 2.45) is 0 Å². The Morgan fingerprint density at radius 1 is 0.309 bits per heavy atom. The van der Waals surface area contributed by atoms with Crippen LogP contribution in [0.5, 0.6) is 0 Å². The number of carbonyl (C=O) groups is 7. The molecule has 2 aliphatic heterocycles. The summed E-state index contributed by atoms with van der Waals surface area (Å²) in [6.07, 6.45) is 52.7. The summed E-state index contributed by atoms with van der Waals surface area (Å²) in [5.74, 6) is -4.98. The van der Waals surface area contributed by atoms with Crippen LogP contribution in [0.1, 0.15) is 562 Å². The number of unbranched alkanes of at least 4 members (excludes halogenated alkanes) is 62. The van der Waals surface area contributed by atoms with E-state index in [1.54, 1.807) is 0 Å². The molecule has 800 valence electrons. The summed E-state index contributed by atoms with van der Waals surface area (Å²) < 4.78 is 68.8. The number of hydrogen-bond acceptors (Lipinski definition) is 21. The lowest BCUT2D eigenvalue weighted by atomic mass is 9.95. The van der Waals surface area contributed by atoms with Crippen LogP contribution in [-0.4, -0.2) is 171 Å². The first-order chi connectivity index (χ1) is 66.1. The van der Waals surface area contributed by atoms with Crippen LogP contribution in [0.3, 0.4) is 0 Å². The first-order valence-electron chi connectivity index (χ1n) is 56.9. The van der Waals surface area contributed by atoms with E-state index in [0.717, 1.165) is 257 Å². The van der Waals surface area contributed by atoms with E-state index in [1.165, 1.54) is 141 Å². The van der Waals surface area contributed by atoms with E-state index in [2.05, 4.69) is 59.1 Å². The van der Waals surface area contributed by atoms with Crippen LogP contribution in [0.15, 0.2) is 0 Å². The van der Waals surface area contributed by atoms with Gasteiger partial charge in [-0.15, -0.1) is 0 Å². The van der Waals surface area contributed by atoms with Crippen molar-refractivity contribution in [3.63, 3.8) is 0 Å². The SMILES string of the molecule is CCCCCCCCCCCCCCCC(=O)O[C@H](CCCCCCCCCCC)CC(=O)NC1[C@H](O)OC(CO[C@@H]2OC(CO)[C@@H](OP(=O)(O)O)[C@H](OC(=O)C[C@@H](CCCCCCCCCCC)OC(=O)CCCCCCCCCCCCC)C2NC(=O)C[C@@H](CCCCCCCCCCC)OC(=O)CCCCCCCCCCC)[C@@H](O)[C@@H]1OC(=O)C[C@H](O)CCCCCCCCCCC. The lowest BCUT2D eigenvalue weighted by Crippen LogP contribution is -2.68. The summed E-state index contributed by atoms with van der Waals surface area (Å²) in [6.45, 7) is 13.5. The van der Waals surface area contributed by atoms with Crippen molar-refractivity contribution in [1.82, 2.24) is 10.6 Å². The molecule has 2 amide bonds. The van der Waals surface area contributed by atoms with Crippen molar-refractivity contribution in [2.75, 3.05) is 13.2 Å². The number of phosphoric acid groups is 1. The molecule has 2 heterocycles. The van der Waals surface area contributed by atoms with Gasteiger partial charge in [-0.3, -0.25) is 38.1 Å². The third kappa shape index (κ3) is 70.7. The Balaban J connectivity index is 2.82. The Hall–Kier alpha value is -3.88. The number of hydrogen-bond donors (Lipinski definition) is 8. The van der Waals surface area contributed by atoms with Gasteiger partial charge in [-0.1, -0.05) is 453 Å². The van der Waals surface area contributed by atoms with E-state index in [1.807, 2.05) is 0 Å².